The average molecular weight is 198 g/mol. The quantitative estimate of drug-likeness (QED) is 0.675. The maximum atomic E-state index is 10.5. The van der Waals surface area contributed by atoms with Gasteiger partial charge in [-0.25, -0.2) is 10.5 Å². The van der Waals surface area contributed by atoms with Gasteiger partial charge in [0, 0.05) is 14.1 Å². The van der Waals surface area contributed by atoms with Gasteiger partial charge in [-0.15, -0.1) is 0 Å². The molecule has 6 nitrogen and oxygen atoms in total. The number of hydroxylamine groups is 4. The van der Waals surface area contributed by atoms with Gasteiger partial charge >= 0.3 is 0 Å². The van der Waals surface area contributed by atoms with Gasteiger partial charge in [0.25, 0.3) is 0 Å². The van der Waals surface area contributed by atoms with E-state index < -0.39 is 0 Å². The van der Waals surface area contributed by atoms with Crippen molar-refractivity contribution in [2.45, 2.75) is 0 Å². The fraction of sp³-hybridized carbons (Fsp3) is 0.250. The number of nitrogens with zero attached hydrogens (tertiary/aromatic N) is 2. The Morgan fingerprint density at radius 1 is 0.857 bits per heavy atom. The molecule has 1 aromatic rings. The van der Waals surface area contributed by atoms with E-state index in [-0.39, 0.29) is 0 Å². The van der Waals surface area contributed by atoms with E-state index in [2.05, 4.69) is 0 Å². The van der Waals surface area contributed by atoms with Crippen molar-refractivity contribution in [3.63, 3.8) is 0 Å². The lowest BCUT2D eigenvalue weighted by Gasteiger charge is -2.23. The van der Waals surface area contributed by atoms with Crippen molar-refractivity contribution in [2.24, 2.45) is 0 Å². The molecule has 14 heavy (non-hydrogen) atoms. The Morgan fingerprint density at radius 3 is 1.36 bits per heavy atom. The second kappa shape index (κ2) is 4.77. The first-order chi connectivity index (χ1) is 6.58. The molecule has 1 rings (SSSR count). The Hall–Kier alpha value is -1.34. The van der Waals surface area contributed by atoms with E-state index in [9.17, 15) is 10.4 Å². The molecule has 0 bridgehead atoms. The predicted molar refractivity (Wildman–Crippen MR) is 50.0 cm³/mol. The minimum atomic E-state index is 0.329. The molecule has 0 aliphatic heterocycles. The molecule has 0 radical (unpaired) electrons. The summed E-state index contributed by atoms with van der Waals surface area (Å²) in [4.78, 5) is 9.41. The molecule has 0 saturated heterocycles. The topological polar surface area (TPSA) is 71.1 Å². The van der Waals surface area contributed by atoms with Crippen LogP contribution in [0.2, 0.25) is 0 Å². The van der Waals surface area contributed by atoms with E-state index in [1.165, 1.54) is 38.4 Å². The van der Waals surface area contributed by atoms with Gasteiger partial charge in [0.2, 0.25) is 0 Å². The maximum absolute atomic E-state index is 10.5. The van der Waals surface area contributed by atoms with Gasteiger partial charge in [0.05, 0.1) is 0 Å². The summed E-state index contributed by atoms with van der Waals surface area (Å²) in [7, 11) is 2.46. The van der Waals surface area contributed by atoms with Gasteiger partial charge in [-0.05, 0) is 24.3 Å². The standard InChI is InChI=1S/C8H10N2O4/c1-9(11)13-7-3-5-8(6-4-7)14-10(2)12/h3-6H,1-2H3/q-2. The van der Waals surface area contributed by atoms with Gasteiger partial charge in [-0.2, -0.15) is 0 Å². The van der Waals surface area contributed by atoms with Crippen molar-refractivity contribution in [1.29, 1.82) is 0 Å². The Morgan fingerprint density at radius 2 is 1.14 bits per heavy atom. The second-order valence-electron chi connectivity index (χ2n) is 2.53. The SMILES string of the molecule is CN([O-])Oc1ccc(ON(C)[O-])cc1. The van der Waals surface area contributed by atoms with Gasteiger partial charge in [0.15, 0.2) is 0 Å². The van der Waals surface area contributed by atoms with Crippen molar-refractivity contribution in [1.82, 2.24) is 10.5 Å². The zero-order valence-electron chi connectivity index (χ0n) is 7.84. The summed E-state index contributed by atoms with van der Waals surface area (Å²) in [6.07, 6.45) is 0. The van der Waals surface area contributed by atoms with Gasteiger partial charge in [-0.3, -0.25) is 0 Å². The van der Waals surface area contributed by atoms with E-state index in [4.69, 9.17) is 9.68 Å². The van der Waals surface area contributed by atoms with Crippen LogP contribution in [0.25, 0.3) is 0 Å². The molecule has 0 aliphatic rings. The lowest BCUT2D eigenvalue weighted by molar-refractivity contribution is 0.0172. The maximum Gasteiger partial charge on any atom is 0.146 e. The first kappa shape index (κ1) is 10.7. The summed E-state index contributed by atoms with van der Waals surface area (Å²) in [5.41, 5.74) is 0. The molecule has 0 amide bonds. The normalized spacial score (nSPS) is 10.7. The highest BCUT2D eigenvalue weighted by Crippen LogP contribution is 2.18. The number of rotatable bonds is 4. The van der Waals surface area contributed by atoms with Crippen molar-refractivity contribution in [3.8, 4) is 11.5 Å². The smallest absolute Gasteiger partial charge is 0.146 e. The minimum absolute atomic E-state index is 0.329. The molecule has 0 aromatic heterocycles. The third-order valence-electron chi connectivity index (χ3n) is 1.29. The van der Waals surface area contributed by atoms with Crippen LogP contribution >= 0.6 is 0 Å². The molecule has 0 aliphatic carbocycles. The average Bonchev–Trinajstić information content (AvgIpc) is 2.06. The van der Waals surface area contributed by atoms with Crippen LogP contribution in [0.5, 0.6) is 11.5 Å². The van der Waals surface area contributed by atoms with E-state index in [1.807, 2.05) is 0 Å². The van der Waals surface area contributed by atoms with E-state index in [0.29, 0.717) is 22.0 Å². The molecule has 0 atom stereocenters. The molecular weight excluding hydrogens is 188 g/mol. The first-order valence-electron chi connectivity index (χ1n) is 3.85. The van der Waals surface area contributed by atoms with E-state index in [1.54, 1.807) is 0 Å². The molecule has 0 saturated carbocycles. The number of hydrogen-bond acceptors (Lipinski definition) is 6. The monoisotopic (exact) mass is 198 g/mol. The van der Waals surface area contributed by atoms with Crippen molar-refractivity contribution >= 4 is 0 Å². The lowest BCUT2D eigenvalue weighted by atomic mass is 10.3. The van der Waals surface area contributed by atoms with Gasteiger partial charge in [-0.1, -0.05) is 0 Å². The highest BCUT2D eigenvalue weighted by molar-refractivity contribution is 5.30. The number of benzene rings is 1. The van der Waals surface area contributed by atoms with Crippen LogP contribution in [0.4, 0.5) is 0 Å². The molecule has 6 heteroatoms. The van der Waals surface area contributed by atoms with Crippen LogP contribution in [-0.4, -0.2) is 24.5 Å². The van der Waals surface area contributed by atoms with E-state index in [0.717, 1.165) is 0 Å². The van der Waals surface area contributed by atoms with Crippen molar-refractivity contribution in [3.05, 3.63) is 34.7 Å². The largest absolute Gasteiger partial charge is 0.753 e. The molecule has 78 valence electrons. The van der Waals surface area contributed by atoms with Crippen LogP contribution in [0, 0.1) is 10.4 Å². The summed E-state index contributed by atoms with van der Waals surface area (Å²) < 4.78 is 0. The summed E-state index contributed by atoms with van der Waals surface area (Å²) in [5.74, 6) is 0.756. The summed E-state index contributed by atoms with van der Waals surface area (Å²) in [6.45, 7) is 0. The minimum Gasteiger partial charge on any atom is -0.753 e. The third kappa shape index (κ3) is 3.58. The zero-order chi connectivity index (χ0) is 10.6. The van der Waals surface area contributed by atoms with Crippen molar-refractivity contribution in [2.75, 3.05) is 14.1 Å². The Balaban J connectivity index is 2.59. The summed E-state index contributed by atoms with van der Waals surface area (Å²) >= 11 is 0. The molecule has 0 heterocycles. The zero-order valence-corrected chi connectivity index (χ0v) is 7.84. The lowest BCUT2D eigenvalue weighted by Crippen LogP contribution is -2.15. The number of hydrogen-bond donors (Lipinski definition) is 0. The predicted octanol–water partition coefficient (Wildman–Crippen LogP) is 1.13. The first-order valence-corrected chi connectivity index (χ1v) is 3.85. The summed E-state index contributed by atoms with van der Waals surface area (Å²) in [5, 5.41) is 21.6. The molecule has 0 fully saturated rings. The Labute approximate surface area is 81.3 Å². The van der Waals surface area contributed by atoms with Crippen LogP contribution in [-0.2, 0) is 0 Å². The fourth-order valence-corrected chi connectivity index (χ4v) is 0.858. The van der Waals surface area contributed by atoms with Gasteiger partial charge in [0.1, 0.15) is 11.5 Å². The van der Waals surface area contributed by atoms with Crippen LogP contribution < -0.4 is 9.68 Å². The van der Waals surface area contributed by atoms with E-state index >= 15 is 0 Å². The Bertz CT molecular complexity index is 244. The molecule has 0 N–H and O–H groups in total. The fourth-order valence-electron chi connectivity index (χ4n) is 0.858. The third-order valence-corrected chi connectivity index (χ3v) is 1.29. The Kier molecular flexibility index (Phi) is 3.66. The van der Waals surface area contributed by atoms with Crippen molar-refractivity contribution < 1.29 is 9.68 Å². The van der Waals surface area contributed by atoms with Crippen LogP contribution in [0.3, 0.4) is 0 Å². The van der Waals surface area contributed by atoms with Crippen LogP contribution in [0.15, 0.2) is 24.3 Å². The highest BCUT2D eigenvalue weighted by atomic mass is 16.9. The van der Waals surface area contributed by atoms with Crippen LogP contribution in [0.1, 0.15) is 0 Å². The molecular formula is C8H10N2O4-2. The molecule has 1 aromatic carbocycles. The highest BCUT2D eigenvalue weighted by Gasteiger charge is 1.95. The summed E-state index contributed by atoms with van der Waals surface area (Å²) in [6, 6.07) is 6.08. The second-order valence-corrected chi connectivity index (χ2v) is 2.53. The molecule has 0 spiro atoms. The van der Waals surface area contributed by atoms with Gasteiger partial charge < -0.3 is 20.1 Å². The molecule has 0 unspecified atom stereocenters.